The maximum atomic E-state index is 12.3. The molecule has 4 aromatic rings. The minimum Gasteiger partial charge on any atom is -0.485 e. The zero-order chi connectivity index (χ0) is 19.5. The Morgan fingerprint density at radius 3 is 2.71 bits per heavy atom. The number of aromatic nitrogens is 2. The number of carbonyl (C=O) groups excluding carboxylic acids is 1. The summed E-state index contributed by atoms with van der Waals surface area (Å²) in [5.74, 6) is 0.847. The molecule has 2 N–H and O–H groups in total. The molecule has 0 bridgehead atoms. The van der Waals surface area contributed by atoms with Gasteiger partial charge in [-0.2, -0.15) is 0 Å². The van der Waals surface area contributed by atoms with Crippen LogP contribution in [-0.2, 0) is 13.7 Å². The largest absolute Gasteiger partial charge is 0.485 e. The molecular weight excluding hydrogens is 352 g/mol. The summed E-state index contributed by atoms with van der Waals surface area (Å²) in [5, 5.41) is 1.01. The Labute approximate surface area is 162 Å². The number of hydrogen-bond acceptors (Lipinski definition) is 3. The smallest absolute Gasteiger partial charge is 0.325 e. The molecule has 0 aliphatic carbocycles. The fourth-order valence-corrected chi connectivity index (χ4v) is 3.16. The van der Waals surface area contributed by atoms with Gasteiger partial charge >= 0.3 is 6.03 Å². The standard InChI is InChI=1S/C22H20N4O2/c1-25-13-11-17-14-18(9-10-19(17)25)26(22(23)27)21-20(8-5-12-24-21)28-15-16-6-3-2-4-7-16/h2-14H,15H2,1H3,(H2,23,27). The zero-order valence-corrected chi connectivity index (χ0v) is 15.4. The van der Waals surface area contributed by atoms with Gasteiger partial charge in [0.1, 0.15) is 6.61 Å². The van der Waals surface area contributed by atoms with Crippen LogP contribution in [0.4, 0.5) is 16.3 Å². The third-order valence-corrected chi connectivity index (χ3v) is 4.55. The van der Waals surface area contributed by atoms with Gasteiger partial charge in [0, 0.05) is 30.3 Å². The number of primary amides is 1. The molecule has 2 heterocycles. The van der Waals surface area contributed by atoms with Gasteiger partial charge in [-0.15, -0.1) is 0 Å². The fraction of sp³-hybridized carbons (Fsp3) is 0.0909. The van der Waals surface area contributed by atoms with Crippen molar-refractivity contribution in [2.45, 2.75) is 6.61 Å². The molecule has 2 amide bonds. The lowest BCUT2D eigenvalue weighted by Crippen LogP contribution is -2.32. The first-order valence-electron chi connectivity index (χ1n) is 8.90. The van der Waals surface area contributed by atoms with Crippen LogP contribution in [-0.4, -0.2) is 15.6 Å². The van der Waals surface area contributed by atoms with Crippen LogP contribution >= 0.6 is 0 Å². The maximum Gasteiger partial charge on any atom is 0.325 e. The molecule has 0 saturated heterocycles. The fourth-order valence-electron chi connectivity index (χ4n) is 3.16. The van der Waals surface area contributed by atoms with E-state index in [2.05, 4.69) is 4.98 Å². The molecule has 0 unspecified atom stereocenters. The first kappa shape index (κ1) is 17.6. The van der Waals surface area contributed by atoms with Crippen LogP contribution in [0.25, 0.3) is 10.9 Å². The van der Waals surface area contributed by atoms with Gasteiger partial charge in [-0.1, -0.05) is 30.3 Å². The van der Waals surface area contributed by atoms with E-state index < -0.39 is 6.03 Å². The van der Waals surface area contributed by atoms with Crippen molar-refractivity contribution >= 4 is 28.4 Å². The van der Waals surface area contributed by atoms with Crippen molar-refractivity contribution in [2.75, 3.05) is 4.90 Å². The van der Waals surface area contributed by atoms with Crippen LogP contribution in [0.5, 0.6) is 5.75 Å². The first-order valence-corrected chi connectivity index (χ1v) is 8.90. The summed E-state index contributed by atoms with van der Waals surface area (Å²) in [6, 6.07) is 20.4. The van der Waals surface area contributed by atoms with Gasteiger partial charge in [-0.25, -0.2) is 14.7 Å². The van der Waals surface area contributed by atoms with E-state index >= 15 is 0 Å². The predicted octanol–water partition coefficient (Wildman–Crippen LogP) is 4.37. The van der Waals surface area contributed by atoms with Crippen molar-refractivity contribution in [1.29, 1.82) is 0 Å². The average Bonchev–Trinajstić information content (AvgIpc) is 3.08. The summed E-state index contributed by atoms with van der Waals surface area (Å²) in [6.45, 7) is 0.365. The Kier molecular flexibility index (Phi) is 4.68. The van der Waals surface area contributed by atoms with Crippen molar-refractivity contribution < 1.29 is 9.53 Å². The van der Waals surface area contributed by atoms with E-state index in [-0.39, 0.29) is 0 Å². The maximum absolute atomic E-state index is 12.3. The number of urea groups is 1. The molecule has 0 fully saturated rings. The second kappa shape index (κ2) is 7.44. The van der Waals surface area contributed by atoms with Gasteiger partial charge in [0.25, 0.3) is 0 Å². The molecule has 0 aliphatic rings. The Morgan fingerprint density at radius 2 is 1.93 bits per heavy atom. The van der Waals surface area contributed by atoms with Crippen molar-refractivity contribution in [1.82, 2.24) is 9.55 Å². The van der Waals surface area contributed by atoms with Gasteiger partial charge < -0.3 is 15.0 Å². The third kappa shape index (κ3) is 3.40. The highest BCUT2D eigenvalue weighted by atomic mass is 16.5. The number of benzene rings is 2. The Hall–Kier alpha value is -3.80. The number of ether oxygens (including phenoxy) is 1. The van der Waals surface area contributed by atoms with Crippen LogP contribution in [0.15, 0.2) is 79.1 Å². The van der Waals surface area contributed by atoms with Crippen molar-refractivity contribution in [3.8, 4) is 5.75 Å². The summed E-state index contributed by atoms with van der Waals surface area (Å²) in [7, 11) is 1.97. The number of aryl methyl sites for hydroxylation is 1. The zero-order valence-electron chi connectivity index (χ0n) is 15.4. The predicted molar refractivity (Wildman–Crippen MR) is 110 cm³/mol. The lowest BCUT2D eigenvalue weighted by Gasteiger charge is -2.22. The number of fused-ring (bicyclic) bond motifs is 1. The Bertz CT molecular complexity index is 1120. The van der Waals surface area contributed by atoms with E-state index in [0.29, 0.717) is 23.9 Å². The van der Waals surface area contributed by atoms with Crippen LogP contribution in [0.1, 0.15) is 5.56 Å². The van der Waals surface area contributed by atoms with Gasteiger partial charge in [0.2, 0.25) is 0 Å². The van der Waals surface area contributed by atoms with E-state index in [1.54, 1.807) is 18.3 Å². The number of nitrogens with zero attached hydrogens (tertiary/aromatic N) is 3. The molecule has 0 saturated carbocycles. The number of anilines is 2. The Morgan fingerprint density at radius 1 is 1.11 bits per heavy atom. The number of carbonyl (C=O) groups is 1. The molecule has 0 aliphatic heterocycles. The highest BCUT2D eigenvalue weighted by molar-refractivity contribution is 6.00. The molecule has 6 heteroatoms. The molecule has 2 aromatic carbocycles. The Balaban J connectivity index is 1.70. The summed E-state index contributed by atoms with van der Waals surface area (Å²) < 4.78 is 7.97. The van der Waals surface area contributed by atoms with Gasteiger partial charge in [0.05, 0.1) is 5.69 Å². The molecule has 0 radical (unpaired) electrons. The van der Waals surface area contributed by atoms with Gasteiger partial charge in [-0.3, -0.25) is 0 Å². The van der Waals surface area contributed by atoms with Crippen LogP contribution in [0.3, 0.4) is 0 Å². The number of hydrogen-bond donors (Lipinski definition) is 1. The second-order valence-electron chi connectivity index (χ2n) is 6.44. The minimum absolute atomic E-state index is 0.362. The third-order valence-electron chi connectivity index (χ3n) is 4.55. The van der Waals surface area contributed by atoms with Crippen LogP contribution < -0.4 is 15.4 Å². The topological polar surface area (TPSA) is 73.4 Å². The molecule has 2 aromatic heterocycles. The summed E-state index contributed by atoms with van der Waals surface area (Å²) >= 11 is 0. The second-order valence-corrected chi connectivity index (χ2v) is 6.44. The summed E-state index contributed by atoms with van der Waals surface area (Å²) in [4.78, 5) is 18.1. The number of nitrogens with two attached hydrogens (primary N) is 1. The highest BCUT2D eigenvalue weighted by Crippen LogP contribution is 2.33. The van der Waals surface area contributed by atoms with Crippen molar-refractivity contribution in [2.24, 2.45) is 12.8 Å². The van der Waals surface area contributed by atoms with E-state index in [9.17, 15) is 4.79 Å². The van der Waals surface area contributed by atoms with E-state index in [1.165, 1.54) is 4.90 Å². The molecular formula is C22H20N4O2. The normalized spacial score (nSPS) is 10.8. The van der Waals surface area contributed by atoms with Crippen LogP contribution in [0, 0.1) is 0 Å². The SMILES string of the molecule is Cn1ccc2cc(N(C(N)=O)c3ncccc3OCc3ccccc3)ccc21. The molecule has 6 nitrogen and oxygen atoms in total. The molecule has 4 rings (SSSR count). The number of pyridine rings is 1. The molecule has 140 valence electrons. The number of amides is 2. The summed E-state index contributed by atoms with van der Waals surface area (Å²) in [6.07, 6.45) is 3.58. The van der Waals surface area contributed by atoms with Crippen molar-refractivity contribution in [3.63, 3.8) is 0 Å². The highest BCUT2D eigenvalue weighted by Gasteiger charge is 2.21. The number of rotatable bonds is 5. The van der Waals surface area contributed by atoms with E-state index in [4.69, 9.17) is 10.5 Å². The molecule has 0 atom stereocenters. The van der Waals surface area contributed by atoms with Crippen LogP contribution in [0.2, 0.25) is 0 Å². The van der Waals surface area contributed by atoms with Crippen molar-refractivity contribution in [3.05, 3.63) is 84.7 Å². The minimum atomic E-state index is -0.626. The molecule has 0 spiro atoms. The van der Waals surface area contributed by atoms with E-state index in [1.807, 2.05) is 72.4 Å². The molecule has 28 heavy (non-hydrogen) atoms. The van der Waals surface area contributed by atoms with E-state index in [0.717, 1.165) is 16.5 Å². The lowest BCUT2D eigenvalue weighted by atomic mass is 10.2. The monoisotopic (exact) mass is 372 g/mol. The van der Waals surface area contributed by atoms with Gasteiger partial charge in [0.15, 0.2) is 11.6 Å². The first-order chi connectivity index (χ1) is 13.6. The quantitative estimate of drug-likeness (QED) is 0.565. The summed E-state index contributed by atoms with van der Waals surface area (Å²) in [5.41, 5.74) is 8.43. The lowest BCUT2D eigenvalue weighted by molar-refractivity contribution is 0.255. The average molecular weight is 372 g/mol. The van der Waals surface area contributed by atoms with Gasteiger partial charge in [-0.05, 0) is 42.0 Å².